The molecule has 1 unspecified atom stereocenters. The maximum Gasteiger partial charge on any atom is 0.322 e. The second kappa shape index (κ2) is 6.05. The van der Waals surface area contributed by atoms with Gasteiger partial charge in [0.15, 0.2) is 0 Å². The van der Waals surface area contributed by atoms with Gasteiger partial charge in [0, 0.05) is 36.2 Å². The topological polar surface area (TPSA) is 37.3 Å². The lowest BCUT2D eigenvalue weighted by Crippen LogP contribution is -2.35. The maximum atomic E-state index is 12.6. The molecular formula is C17H20ClN3O. The van der Waals surface area contributed by atoms with E-state index in [1.54, 1.807) is 6.07 Å². The van der Waals surface area contributed by atoms with Crippen LogP contribution in [0.1, 0.15) is 30.1 Å². The molecule has 3 rings (SSSR count). The number of carbonyl (C=O) groups is 1. The Hall–Kier alpha value is -1.94. The highest BCUT2D eigenvalue weighted by Crippen LogP contribution is 2.32. The molecule has 5 heteroatoms. The standard InChI is InChI=1S/C17H20ClN3O/c1-12-7-8-13(11-14(12)18)19-17(22)21-10-4-6-16(21)15-5-3-9-20(15)2/h3,5,7-9,11,16H,4,6,10H2,1-2H3,(H,19,22). The SMILES string of the molecule is Cc1ccc(NC(=O)N2CCCC2c2cccn2C)cc1Cl. The van der Waals surface area contributed by atoms with Crippen LogP contribution in [0.2, 0.25) is 5.02 Å². The lowest BCUT2D eigenvalue weighted by Gasteiger charge is -2.25. The molecule has 1 aromatic heterocycles. The van der Waals surface area contributed by atoms with Crippen molar-refractivity contribution >= 4 is 23.3 Å². The summed E-state index contributed by atoms with van der Waals surface area (Å²) in [7, 11) is 2.02. The first-order chi connectivity index (χ1) is 10.6. The predicted octanol–water partition coefficient (Wildman–Crippen LogP) is 4.36. The highest BCUT2D eigenvalue weighted by molar-refractivity contribution is 6.31. The van der Waals surface area contributed by atoms with Crippen molar-refractivity contribution < 1.29 is 4.79 Å². The Morgan fingerprint density at radius 3 is 2.86 bits per heavy atom. The summed E-state index contributed by atoms with van der Waals surface area (Å²) in [6.45, 7) is 2.72. The van der Waals surface area contributed by atoms with E-state index in [-0.39, 0.29) is 12.1 Å². The molecule has 1 aliphatic heterocycles. The second-order valence-corrected chi connectivity index (χ2v) is 6.20. The van der Waals surface area contributed by atoms with Crippen LogP contribution in [0, 0.1) is 6.92 Å². The van der Waals surface area contributed by atoms with Crippen molar-refractivity contribution in [2.45, 2.75) is 25.8 Å². The van der Waals surface area contributed by atoms with Crippen LogP contribution in [0.3, 0.4) is 0 Å². The summed E-state index contributed by atoms with van der Waals surface area (Å²) in [4.78, 5) is 14.5. The number of nitrogens with one attached hydrogen (secondary N) is 1. The molecule has 4 nitrogen and oxygen atoms in total. The Kier molecular flexibility index (Phi) is 4.12. The highest BCUT2D eigenvalue weighted by atomic mass is 35.5. The number of carbonyl (C=O) groups excluding carboxylic acids is 1. The molecule has 116 valence electrons. The largest absolute Gasteiger partial charge is 0.353 e. The molecule has 1 aliphatic rings. The molecule has 0 aliphatic carbocycles. The Morgan fingerprint density at radius 2 is 2.18 bits per heavy atom. The summed E-state index contributed by atoms with van der Waals surface area (Å²) in [6.07, 6.45) is 4.04. The van der Waals surface area contributed by atoms with Crippen LogP contribution in [-0.4, -0.2) is 22.0 Å². The number of urea groups is 1. The average molecular weight is 318 g/mol. The summed E-state index contributed by atoms with van der Waals surface area (Å²) in [6, 6.07) is 9.76. The van der Waals surface area contributed by atoms with Gasteiger partial charge in [-0.3, -0.25) is 0 Å². The fraction of sp³-hybridized carbons (Fsp3) is 0.353. The van der Waals surface area contributed by atoms with Crippen LogP contribution in [-0.2, 0) is 7.05 Å². The number of hydrogen-bond donors (Lipinski definition) is 1. The fourth-order valence-corrected chi connectivity index (χ4v) is 3.18. The number of benzene rings is 1. The number of halogens is 1. The van der Waals surface area contributed by atoms with Crippen molar-refractivity contribution in [3.8, 4) is 0 Å². The summed E-state index contributed by atoms with van der Waals surface area (Å²) in [5, 5.41) is 3.62. The average Bonchev–Trinajstić information content (AvgIpc) is 3.11. The Bertz CT molecular complexity index is 695. The molecule has 0 radical (unpaired) electrons. The molecule has 1 aromatic carbocycles. The van der Waals surface area contributed by atoms with E-state index in [0.717, 1.165) is 30.6 Å². The van der Waals surface area contributed by atoms with Gasteiger partial charge in [-0.1, -0.05) is 17.7 Å². The first-order valence-electron chi connectivity index (χ1n) is 7.51. The van der Waals surface area contributed by atoms with Gasteiger partial charge in [-0.25, -0.2) is 4.79 Å². The third kappa shape index (κ3) is 2.83. The number of rotatable bonds is 2. The van der Waals surface area contributed by atoms with Gasteiger partial charge in [-0.05, 0) is 49.6 Å². The second-order valence-electron chi connectivity index (χ2n) is 5.79. The van der Waals surface area contributed by atoms with Crippen LogP contribution in [0.4, 0.5) is 10.5 Å². The minimum atomic E-state index is -0.0661. The zero-order valence-corrected chi connectivity index (χ0v) is 13.6. The van der Waals surface area contributed by atoms with Gasteiger partial charge in [0.05, 0.1) is 6.04 Å². The Morgan fingerprint density at radius 1 is 1.36 bits per heavy atom. The third-order valence-electron chi connectivity index (χ3n) is 4.26. The van der Waals surface area contributed by atoms with Gasteiger partial charge < -0.3 is 14.8 Å². The van der Waals surface area contributed by atoms with Gasteiger partial charge in [-0.2, -0.15) is 0 Å². The van der Waals surface area contributed by atoms with E-state index in [9.17, 15) is 4.79 Å². The lowest BCUT2D eigenvalue weighted by atomic mass is 10.1. The van der Waals surface area contributed by atoms with E-state index in [2.05, 4.69) is 16.0 Å². The summed E-state index contributed by atoms with van der Waals surface area (Å²) in [5.74, 6) is 0. The van der Waals surface area contributed by atoms with Crippen molar-refractivity contribution in [1.29, 1.82) is 0 Å². The van der Waals surface area contributed by atoms with Crippen LogP contribution >= 0.6 is 11.6 Å². The predicted molar refractivity (Wildman–Crippen MR) is 89.3 cm³/mol. The smallest absolute Gasteiger partial charge is 0.322 e. The minimum absolute atomic E-state index is 0.0661. The first kappa shape index (κ1) is 15.0. The normalized spacial score (nSPS) is 17.8. The molecule has 1 atom stereocenters. The summed E-state index contributed by atoms with van der Waals surface area (Å²) < 4.78 is 2.08. The van der Waals surface area contributed by atoms with E-state index < -0.39 is 0 Å². The van der Waals surface area contributed by atoms with E-state index in [1.165, 1.54) is 5.69 Å². The number of amides is 2. The molecule has 0 bridgehead atoms. The summed E-state index contributed by atoms with van der Waals surface area (Å²) >= 11 is 6.12. The van der Waals surface area contributed by atoms with Crippen LogP contribution in [0.25, 0.3) is 0 Å². The van der Waals surface area contributed by atoms with E-state index >= 15 is 0 Å². The van der Waals surface area contributed by atoms with Crippen molar-refractivity contribution in [2.75, 3.05) is 11.9 Å². The molecule has 2 amide bonds. The van der Waals surface area contributed by atoms with Crippen LogP contribution in [0.15, 0.2) is 36.5 Å². The molecular weight excluding hydrogens is 298 g/mol. The van der Waals surface area contributed by atoms with E-state index in [1.807, 2.05) is 43.3 Å². The van der Waals surface area contributed by atoms with Crippen LogP contribution in [0.5, 0.6) is 0 Å². The van der Waals surface area contributed by atoms with Gasteiger partial charge >= 0.3 is 6.03 Å². The van der Waals surface area contributed by atoms with Crippen LogP contribution < -0.4 is 5.32 Å². The number of nitrogens with zero attached hydrogens (tertiary/aromatic N) is 2. The van der Waals surface area contributed by atoms with Gasteiger partial charge in [0.2, 0.25) is 0 Å². The van der Waals surface area contributed by atoms with Gasteiger partial charge in [0.25, 0.3) is 0 Å². The monoisotopic (exact) mass is 317 g/mol. The molecule has 1 N–H and O–H groups in total. The first-order valence-corrected chi connectivity index (χ1v) is 7.89. The molecule has 1 fully saturated rings. The van der Waals surface area contributed by atoms with Gasteiger partial charge in [0.1, 0.15) is 0 Å². The molecule has 2 aromatic rings. The van der Waals surface area contributed by atoms with Gasteiger partial charge in [-0.15, -0.1) is 0 Å². The summed E-state index contributed by atoms with van der Waals surface area (Å²) in [5.41, 5.74) is 2.91. The van der Waals surface area contributed by atoms with E-state index in [0.29, 0.717) is 5.02 Å². The number of anilines is 1. The Balaban J connectivity index is 1.76. The number of aryl methyl sites for hydroxylation is 2. The highest BCUT2D eigenvalue weighted by Gasteiger charge is 2.31. The molecule has 1 saturated heterocycles. The number of aromatic nitrogens is 1. The lowest BCUT2D eigenvalue weighted by molar-refractivity contribution is 0.205. The van der Waals surface area contributed by atoms with Crippen molar-refractivity contribution in [2.24, 2.45) is 7.05 Å². The van der Waals surface area contributed by atoms with Crippen molar-refractivity contribution in [1.82, 2.24) is 9.47 Å². The minimum Gasteiger partial charge on any atom is -0.353 e. The van der Waals surface area contributed by atoms with Crippen molar-refractivity contribution in [3.63, 3.8) is 0 Å². The number of hydrogen-bond acceptors (Lipinski definition) is 1. The number of likely N-dealkylation sites (tertiary alicyclic amines) is 1. The fourth-order valence-electron chi connectivity index (χ4n) is 3.00. The molecule has 2 heterocycles. The van der Waals surface area contributed by atoms with E-state index in [4.69, 9.17) is 11.6 Å². The quantitative estimate of drug-likeness (QED) is 0.878. The molecule has 0 spiro atoms. The Labute approximate surface area is 135 Å². The van der Waals surface area contributed by atoms with Crippen molar-refractivity contribution in [3.05, 3.63) is 52.8 Å². The maximum absolute atomic E-state index is 12.6. The zero-order chi connectivity index (χ0) is 15.7. The third-order valence-corrected chi connectivity index (χ3v) is 4.67. The zero-order valence-electron chi connectivity index (χ0n) is 12.8. The molecule has 0 saturated carbocycles. The molecule has 22 heavy (non-hydrogen) atoms.